The van der Waals surface area contributed by atoms with Crippen LogP contribution in [0.5, 0.6) is 0 Å². The predicted molar refractivity (Wildman–Crippen MR) is 95.6 cm³/mol. The zero-order valence-electron chi connectivity index (χ0n) is 14.1. The Kier molecular flexibility index (Phi) is 5.52. The lowest BCUT2D eigenvalue weighted by Gasteiger charge is -2.36. The fraction of sp³-hybridized carbons (Fsp3) is 0.647. The molecule has 7 heteroatoms. The maximum Gasteiger partial charge on any atom is 0.216 e. The molecular formula is C17H25ClN2O3S. The van der Waals surface area contributed by atoms with E-state index in [1.807, 2.05) is 0 Å². The molecule has 0 aromatic heterocycles. The van der Waals surface area contributed by atoms with Gasteiger partial charge in [-0.25, -0.2) is 13.1 Å². The first kappa shape index (κ1) is 18.1. The third-order valence-corrected chi connectivity index (χ3v) is 6.42. The molecule has 0 amide bonds. The molecule has 0 radical (unpaired) electrons. The summed E-state index contributed by atoms with van der Waals surface area (Å²) in [6.45, 7) is 6.65. The van der Waals surface area contributed by atoms with Gasteiger partial charge in [0.25, 0.3) is 0 Å². The Morgan fingerprint density at radius 2 is 2.17 bits per heavy atom. The number of hydrogen-bond donors (Lipinski definition) is 1. The Labute approximate surface area is 149 Å². The number of sulfonamides is 1. The Morgan fingerprint density at radius 3 is 2.88 bits per heavy atom. The average Bonchev–Trinajstić information content (AvgIpc) is 2.86. The number of halogens is 1. The Hall–Kier alpha value is -0.660. The molecule has 134 valence electrons. The van der Waals surface area contributed by atoms with Crippen LogP contribution in [-0.4, -0.2) is 51.2 Å². The fourth-order valence-corrected chi connectivity index (χ4v) is 5.12. The van der Waals surface area contributed by atoms with Gasteiger partial charge in [0.15, 0.2) is 0 Å². The zero-order valence-corrected chi connectivity index (χ0v) is 15.7. The number of fused-ring (bicyclic) bond motifs is 1. The molecular weight excluding hydrogens is 348 g/mol. The molecule has 0 bridgehead atoms. The molecule has 2 aliphatic heterocycles. The van der Waals surface area contributed by atoms with Gasteiger partial charge >= 0.3 is 0 Å². The molecule has 3 atom stereocenters. The van der Waals surface area contributed by atoms with E-state index >= 15 is 0 Å². The lowest BCUT2D eigenvalue weighted by atomic mass is 10.0. The minimum absolute atomic E-state index is 0.0418. The number of nitrogens with zero attached hydrogens (tertiary/aromatic N) is 1. The molecule has 2 heterocycles. The molecule has 5 nitrogen and oxygen atoms in total. The van der Waals surface area contributed by atoms with Crippen LogP contribution < -0.4 is 4.72 Å². The van der Waals surface area contributed by atoms with E-state index in [9.17, 15) is 8.42 Å². The average molecular weight is 373 g/mol. The molecule has 0 aliphatic carbocycles. The number of rotatable bonds is 5. The van der Waals surface area contributed by atoms with E-state index < -0.39 is 10.0 Å². The zero-order chi connectivity index (χ0) is 17.3. The lowest BCUT2D eigenvalue weighted by Crippen LogP contribution is -2.48. The second-order valence-corrected chi connectivity index (χ2v) is 9.35. The van der Waals surface area contributed by atoms with Crippen LogP contribution in [0.25, 0.3) is 0 Å². The van der Waals surface area contributed by atoms with Crippen LogP contribution in [0.4, 0.5) is 0 Å². The van der Waals surface area contributed by atoms with Gasteiger partial charge < -0.3 is 4.74 Å². The minimum atomic E-state index is -3.38. The van der Waals surface area contributed by atoms with Gasteiger partial charge in [0.1, 0.15) is 0 Å². The van der Waals surface area contributed by atoms with Crippen LogP contribution in [-0.2, 0) is 20.5 Å². The molecule has 1 N–H and O–H groups in total. The predicted octanol–water partition coefficient (Wildman–Crippen LogP) is 2.26. The van der Waals surface area contributed by atoms with Crippen molar-refractivity contribution in [3.63, 3.8) is 0 Å². The van der Waals surface area contributed by atoms with Crippen molar-refractivity contribution in [2.75, 3.05) is 19.7 Å². The first-order chi connectivity index (χ1) is 11.3. The normalized spacial score (nSPS) is 28.2. The van der Waals surface area contributed by atoms with E-state index in [-0.39, 0.29) is 17.9 Å². The van der Waals surface area contributed by atoms with Crippen LogP contribution in [0.15, 0.2) is 24.3 Å². The van der Waals surface area contributed by atoms with Gasteiger partial charge in [0.05, 0.1) is 18.5 Å². The van der Waals surface area contributed by atoms with E-state index in [1.54, 1.807) is 24.3 Å². The van der Waals surface area contributed by atoms with E-state index in [4.69, 9.17) is 16.3 Å². The third kappa shape index (κ3) is 4.49. The molecule has 2 fully saturated rings. The Balaban J connectivity index is 1.58. The molecule has 3 rings (SSSR count). The van der Waals surface area contributed by atoms with Gasteiger partial charge in [-0.15, -0.1) is 0 Å². The standard InChI is InChI=1S/C17H25ClN2O3S/c1-12(2)17-9-20-8-15(7-16(20)10-23-17)19-24(21,22)11-13-4-3-5-14(18)6-13/h3-6,12,15-17,19H,7-11H2,1-2H3/t15-,16-,17-/m0/s1. The summed E-state index contributed by atoms with van der Waals surface area (Å²) in [5.74, 6) is 0.435. The SMILES string of the molecule is CC(C)[C@@H]1CN2C[C@@H](NS(=O)(=O)Cc3cccc(Cl)c3)C[C@H]2CO1. The molecule has 0 unspecified atom stereocenters. The van der Waals surface area contributed by atoms with E-state index in [1.165, 1.54) is 0 Å². The van der Waals surface area contributed by atoms with Crippen molar-refractivity contribution in [3.05, 3.63) is 34.9 Å². The van der Waals surface area contributed by atoms with Crippen molar-refractivity contribution in [1.82, 2.24) is 9.62 Å². The molecule has 0 spiro atoms. The Morgan fingerprint density at radius 1 is 1.38 bits per heavy atom. The summed E-state index contributed by atoms with van der Waals surface area (Å²) in [7, 11) is -3.38. The fourth-order valence-electron chi connectivity index (χ4n) is 3.53. The van der Waals surface area contributed by atoms with Gasteiger partial charge in [0.2, 0.25) is 10.0 Å². The highest BCUT2D eigenvalue weighted by Gasteiger charge is 2.39. The second kappa shape index (κ2) is 7.30. The van der Waals surface area contributed by atoms with E-state index in [0.717, 1.165) is 19.5 Å². The van der Waals surface area contributed by atoms with Crippen LogP contribution in [0, 0.1) is 5.92 Å². The van der Waals surface area contributed by atoms with Crippen molar-refractivity contribution in [2.24, 2.45) is 5.92 Å². The highest BCUT2D eigenvalue weighted by Crippen LogP contribution is 2.26. The largest absolute Gasteiger partial charge is 0.375 e. The number of benzene rings is 1. The van der Waals surface area contributed by atoms with Gasteiger partial charge in [-0.3, -0.25) is 4.90 Å². The molecule has 2 saturated heterocycles. The van der Waals surface area contributed by atoms with E-state index in [2.05, 4.69) is 23.5 Å². The van der Waals surface area contributed by atoms with Crippen molar-refractivity contribution < 1.29 is 13.2 Å². The van der Waals surface area contributed by atoms with Gasteiger partial charge in [-0.1, -0.05) is 37.6 Å². The number of hydrogen-bond acceptors (Lipinski definition) is 4. The highest BCUT2D eigenvalue weighted by atomic mass is 35.5. The Bertz CT molecular complexity index is 680. The molecule has 1 aromatic carbocycles. The van der Waals surface area contributed by atoms with Crippen LogP contribution in [0.3, 0.4) is 0 Å². The summed E-state index contributed by atoms with van der Waals surface area (Å²) in [5.41, 5.74) is 0.703. The third-order valence-electron chi connectivity index (χ3n) is 4.78. The summed E-state index contributed by atoms with van der Waals surface area (Å²) in [5, 5.41) is 0.553. The molecule has 1 aromatic rings. The first-order valence-electron chi connectivity index (χ1n) is 8.42. The van der Waals surface area contributed by atoms with Gasteiger partial charge in [-0.2, -0.15) is 0 Å². The molecule has 2 aliphatic rings. The minimum Gasteiger partial charge on any atom is -0.375 e. The van der Waals surface area contributed by atoms with Gasteiger partial charge in [-0.05, 0) is 30.0 Å². The summed E-state index contributed by atoms with van der Waals surface area (Å²) < 4.78 is 33.6. The summed E-state index contributed by atoms with van der Waals surface area (Å²) >= 11 is 5.93. The summed E-state index contributed by atoms with van der Waals surface area (Å²) in [4.78, 5) is 2.36. The quantitative estimate of drug-likeness (QED) is 0.861. The van der Waals surface area contributed by atoms with Crippen LogP contribution >= 0.6 is 11.6 Å². The van der Waals surface area contributed by atoms with Crippen molar-refractivity contribution in [3.8, 4) is 0 Å². The van der Waals surface area contributed by atoms with Crippen molar-refractivity contribution in [2.45, 2.75) is 44.2 Å². The smallest absolute Gasteiger partial charge is 0.216 e. The van der Waals surface area contributed by atoms with Crippen LogP contribution in [0.1, 0.15) is 25.8 Å². The number of nitrogens with one attached hydrogen (secondary N) is 1. The first-order valence-corrected chi connectivity index (χ1v) is 10.5. The monoisotopic (exact) mass is 372 g/mol. The van der Waals surface area contributed by atoms with E-state index in [0.29, 0.717) is 29.2 Å². The molecule has 24 heavy (non-hydrogen) atoms. The van der Waals surface area contributed by atoms with Crippen molar-refractivity contribution >= 4 is 21.6 Å². The highest BCUT2D eigenvalue weighted by molar-refractivity contribution is 7.88. The number of ether oxygens (including phenoxy) is 1. The topological polar surface area (TPSA) is 58.6 Å². The lowest BCUT2D eigenvalue weighted by molar-refractivity contribution is -0.0683. The summed E-state index contributed by atoms with van der Waals surface area (Å²) in [6, 6.07) is 7.26. The van der Waals surface area contributed by atoms with Crippen LogP contribution in [0.2, 0.25) is 5.02 Å². The molecule has 0 saturated carbocycles. The van der Waals surface area contributed by atoms with Crippen molar-refractivity contribution in [1.29, 1.82) is 0 Å². The second-order valence-electron chi connectivity index (χ2n) is 7.16. The summed E-state index contributed by atoms with van der Waals surface area (Å²) in [6.07, 6.45) is 1.04. The van der Waals surface area contributed by atoms with Gasteiger partial charge in [0, 0.05) is 30.2 Å². The maximum atomic E-state index is 12.4. The maximum absolute atomic E-state index is 12.4. The number of morpholine rings is 1.